The first kappa shape index (κ1) is 19.9. The number of hydrogen-bond acceptors (Lipinski definition) is 5. The molecule has 0 atom stereocenters. The molecule has 28 heavy (non-hydrogen) atoms. The van der Waals surface area contributed by atoms with Gasteiger partial charge in [0.15, 0.2) is 6.61 Å². The predicted octanol–water partition coefficient (Wildman–Crippen LogP) is 3.44. The number of benzene rings is 2. The van der Waals surface area contributed by atoms with Crippen LogP contribution in [-0.2, 0) is 14.4 Å². The number of ether oxygens (including phenoxy) is 1. The van der Waals surface area contributed by atoms with Crippen LogP contribution in [0.4, 0.5) is 11.4 Å². The Morgan fingerprint density at radius 2 is 1.79 bits per heavy atom. The van der Waals surface area contributed by atoms with E-state index in [2.05, 4.69) is 27.5 Å². The second-order valence-corrected chi connectivity index (χ2v) is 7.02. The molecule has 1 N–H and O–H groups in total. The third-order valence-corrected chi connectivity index (χ3v) is 4.68. The number of amides is 1. The smallest absolute Gasteiger partial charge is 0.265 e. The fourth-order valence-electron chi connectivity index (χ4n) is 3.34. The van der Waals surface area contributed by atoms with Crippen LogP contribution in [0.3, 0.4) is 0 Å². The molecule has 2 aromatic carbocycles. The molecule has 148 valence electrons. The normalized spacial score (nSPS) is 14.3. The van der Waals surface area contributed by atoms with Gasteiger partial charge in [0.05, 0.1) is 19.4 Å². The Labute approximate surface area is 166 Å². The van der Waals surface area contributed by atoms with Crippen LogP contribution in [0, 0.1) is 20.8 Å². The van der Waals surface area contributed by atoms with Crippen molar-refractivity contribution in [3.63, 3.8) is 0 Å². The van der Waals surface area contributed by atoms with E-state index in [1.807, 2.05) is 45.0 Å². The van der Waals surface area contributed by atoms with Gasteiger partial charge in [0.1, 0.15) is 0 Å². The van der Waals surface area contributed by atoms with Crippen molar-refractivity contribution in [2.24, 2.45) is 5.16 Å². The summed E-state index contributed by atoms with van der Waals surface area (Å²) in [6.45, 7) is 9.22. The van der Waals surface area contributed by atoms with Gasteiger partial charge in [0, 0.05) is 24.5 Å². The lowest BCUT2D eigenvalue weighted by Gasteiger charge is -2.28. The van der Waals surface area contributed by atoms with E-state index in [-0.39, 0.29) is 12.5 Å². The Morgan fingerprint density at radius 3 is 2.43 bits per heavy atom. The molecule has 0 saturated carbocycles. The summed E-state index contributed by atoms with van der Waals surface area (Å²) in [5, 5.41) is 6.80. The molecule has 1 aliphatic rings. The Balaban J connectivity index is 1.48. The number of rotatable bonds is 6. The van der Waals surface area contributed by atoms with E-state index >= 15 is 0 Å². The summed E-state index contributed by atoms with van der Waals surface area (Å²) in [5.41, 5.74) is 6.17. The third-order valence-electron chi connectivity index (χ3n) is 4.68. The van der Waals surface area contributed by atoms with E-state index in [1.54, 1.807) is 6.21 Å². The highest BCUT2D eigenvalue weighted by Gasteiger charge is 2.11. The van der Waals surface area contributed by atoms with E-state index < -0.39 is 0 Å². The van der Waals surface area contributed by atoms with E-state index in [0.29, 0.717) is 0 Å². The first-order valence-corrected chi connectivity index (χ1v) is 9.49. The van der Waals surface area contributed by atoms with Crippen molar-refractivity contribution >= 4 is 23.5 Å². The monoisotopic (exact) mass is 381 g/mol. The van der Waals surface area contributed by atoms with Crippen LogP contribution in [0.5, 0.6) is 0 Å². The first-order valence-electron chi connectivity index (χ1n) is 9.49. The minimum Gasteiger partial charge on any atom is -0.386 e. The molecule has 0 bridgehead atoms. The summed E-state index contributed by atoms with van der Waals surface area (Å²) in [7, 11) is 0. The highest BCUT2D eigenvalue weighted by molar-refractivity contribution is 5.93. The molecule has 1 aliphatic heterocycles. The molecular formula is C22H27N3O3. The molecule has 6 nitrogen and oxygen atoms in total. The van der Waals surface area contributed by atoms with Crippen molar-refractivity contribution in [1.82, 2.24) is 0 Å². The van der Waals surface area contributed by atoms with E-state index in [1.165, 1.54) is 11.3 Å². The van der Waals surface area contributed by atoms with Gasteiger partial charge in [-0.3, -0.25) is 4.79 Å². The number of nitrogens with one attached hydrogen (secondary N) is 1. The van der Waals surface area contributed by atoms with Gasteiger partial charge in [-0.1, -0.05) is 35.0 Å². The largest absolute Gasteiger partial charge is 0.386 e. The number of morpholine rings is 1. The van der Waals surface area contributed by atoms with Crippen molar-refractivity contribution in [2.75, 3.05) is 43.1 Å². The number of nitrogens with zero attached hydrogens (tertiary/aromatic N) is 2. The molecule has 6 heteroatoms. The quantitative estimate of drug-likeness (QED) is 0.615. The van der Waals surface area contributed by atoms with Gasteiger partial charge in [-0.2, -0.15) is 0 Å². The second kappa shape index (κ2) is 9.37. The maximum atomic E-state index is 12.1. The van der Waals surface area contributed by atoms with Gasteiger partial charge in [0.2, 0.25) is 0 Å². The summed E-state index contributed by atoms with van der Waals surface area (Å²) in [5.74, 6) is -0.227. The number of carbonyl (C=O) groups excluding carboxylic acids is 1. The molecule has 1 saturated heterocycles. The average Bonchev–Trinajstić information content (AvgIpc) is 2.69. The van der Waals surface area contributed by atoms with Crippen LogP contribution in [-0.4, -0.2) is 45.0 Å². The minimum atomic E-state index is -0.227. The zero-order valence-corrected chi connectivity index (χ0v) is 16.7. The summed E-state index contributed by atoms with van der Waals surface area (Å²) < 4.78 is 5.37. The van der Waals surface area contributed by atoms with Gasteiger partial charge in [-0.25, -0.2) is 0 Å². The van der Waals surface area contributed by atoms with E-state index in [0.717, 1.165) is 48.7 Å². The molecule has 0 spiro atoms. The molecule has 1 fully saturated rings. The molecule has 0 aromatic heterocycles. The molecule has 1 amide bonds. The van der Waals surface area contributed by atoms with Crippen molar-refractivity contribution < 1.29 is 14.4 Å². The molecular weight excluding hydrogens is 354 g/mol. The summed E-state index contributed by atoms with van der Waals surface area (Å²) in [4.78, 5) is 19.6. The van der Waals surface area contributed by atoms with Crippen LogP contribution in [0.2, 0.25) is 0 Å². The number of hydrogen-bond donors (Lipinski definition) is 1. The number of anilines is 2. The highest BCUT2D eigenvalue weighted by atomic mass is 16.6. The van der Waals surface area contributed by atoms with Crippen molar-refractivity contribution in [2.45, 2.75) is 20.8 Å². The van der Waals surface area contributed by atoms with Gasteiger partial charge in [0.25, 0.3) is 5.91 Å². The van der Waals surface area contributed by atoms with E-state index in [9.17, 15) is 4.79 Å². The number of carbonyl (C=O) groups is 1. The summed E-state index contributed by atoms with van der Waals surface area (Å²) in [6, 6.07) is 12.2. The lowest BCUT2D eigenvalue weighted by Crippen LogP contribution is -2.36. The number of aryl methyl sites for hydroxylation is 3. The SMILES string of the molecule is Cc1cc(C)c(NC(=O)CON=Cc2ccc(N3CCOCC3)cc2)c(C)c1. The first-order chi connectivity index (χ1) is 13.5. The fourth-order valence-corrected chi connectivity index (χ4v) is 3.34. The Hall–Kier alpha value is -2.86. The molecule has 0 aliphatic carbocycles. The third kappa shape index (κ3) is 5.33. The maximum absolute atomic E-state index is 12.1. The van der Waals surface area contributed by atoms with Crippen LogP contribution >= 0.6 is 0 Å². The highest BCUT2D eigenvalue weighted by Crippen LogP contribution is 2.21. The zero-order valence-electron chi connectivity index (χ0n) is 16.7. The molecule has 1 heterocycles. The van der Waals surface area contributed by atoms with Crippen molar-refractivity contribution in [3.05, 3.63) is 58.7 Å². The van der Waals surface area contributed by atoms with Crippen molar-refractivity contribution in [1.29, 1.82) is 0 Å². The molecule has 0 radical (unpaired) electrons. The van der Waals surface area contributed by atoms with Crippen LogP contribution in [0.1, 0.15) is 22.3 Å². The van der Waals surface area contributed by atoms with Crippen LogP contribution in [0.15, 0.2) is 41.6 Å². The Kier molecular flexibility index (Phi) is 6.66. The second-order valence-electron chi connectivity index (χ2n) is 7.02. The predicted molar refractivity (Wildman–Crippen MR) is 112 cm³/mol. The summed E-state index contributed by atoms with van der Waals surface area (Å²) in [6.07, 6.45) is 1.61. The van der Waals surface area contributed by atoms with Gasteiger partial charge in [-0.05, 0) is 49.6 Å². The molecule has 3 rings (SSSR count). The number of oxime groups is 1. The maximum Gasteiger partial charge on any atom is 0.265 e. The average molecular weight is 381 g/mol. The van der Waals surface area contributed by atoms with Crippen LogP contribution < -0.4 is 10.2 Å². The lowest BCUT2D eigenvalue weighted by atomic mass is 10.1. The minimum absolute atomic E-state index is 0.130. The zero-order chi connectivity index (χ0) is 19.9. The Morgan fingerprint density at radius 1 is 1.14 bits per heavy atom. The summed E-state index contributed by atoms with van der Waals surface area (Å²) >= 11 is 0. The van der Waals surface area contributed by atoms with E-state index in [4.69, 9.17) is 9.57 Å². The fraction of sp³-hybridized carbons (Fsp3) is 0.364. The Bertz CT molecular complexity index is 818. The molecule has 2 aromatic rings. The van der Waals surface area contributed by atoms with Gasteiger partial charge in [-0.15, -0.1) is 0 Å². The van der Waals surface area contributed by atoms with Crippen molar-refractivity contribution in [3.8, 4) is 0 Å². The lowest BCUT2D eigenvalue weighted by molar-refractivity contribution is -0.120. The standard InChI is InChI=1S/C22H27N3O3/c1-16-12-17(2)22(18(3)13-16)24-21(26)15-28-23-14-19-4-6-20(7-5-19)25-8-10-27-11-9-25/h4-7,12-14H,8-11,15H2,1-3H3,(H,24,26). The van der Waals surface area contributed by atoms with Gasteiger partial charge < -0.3 is 19.8 Å². The van der Waals surface area contributed by atoms with Gasteiger partial charge >= 0.3 is 0 Å². The molecule has 0 unspecified atom stereocenters. The van der Waals surface area contributed by atoms with Crippen LogP contribution in [0.25, 0.3) is 0 Å². The topological polar surface area (TPSA) is 63.2 Å².